The zero-order valence-electron chi connectivity index (χ0n) is 10.2. The van der Waals surface area contributed by atoms with Crippen LogP contribution in [0.1, 0.15) is 37.3 Å². The number of hydrogen-bond donors (Lipinski definition) is 0. The van der Waals surface area contributed by atoms with Gasteiger partial charge in [0.2, 0.25) is 0 Å². The summed E-state index contributed by atoms with van der Waals surface area (Å²) >= 11 is 0. The Kier molecular flexibility index (Phi) is 3.64. The Hall–Kier alpha value is -1.45. The van der Waals surface area contributed by atoms with Crippen LogP contribution in [0.25, 0.3) is 5.57 Å². The average Bonchev–Trinajstić information content (AvgIpc) is 2.31. The molecule has 0 unspecified atom stereocenters. The lowest BCUT2D eigenvalue weighted by Crippen LogP contribution is -2.21. The van der Waals surface area contributed by atoms with Crippen molar-refractivity contribution in [2.75, 3.05) is 0 Å². The lowest BCUT2D eigenvalue weighted by atomic mass is 9.98. The normalized spacial score (nSPS) is 18.1. The van der Waals surface area contributed by atoms with Crippen molar-refractivity contribution < 1.29 is 17.9 Å². The summed E-state index contributed by atoms with van der Waals surface area (Å²) in [6.07, 6.45) is -0.683. The average molecular weight is 256 g/mol. The molecule has 2 rings (SSSR count). The van der Waals surface area contributed by atoms with Crippen LogP contribution in [0.5, 0.6) is 0 Å². The Labute approximate surface area is 104 Å². The summed E-state index contributed by atoms with van der Waals surface area (Å²) in [7, 11) is 0. The molecular formula is C14H15F3O. The first-order valence-electron chi connectivity index (χ1n) is 6.05. The van der Waals surface area contributed by atoms with Gasteiger partial charge in [-0.25, -0.2) is 4.39 Å². The number of alkyl halides is 2. The van der Waals surface area contributed by atoms with Gasteiger partial charge in [-0.05, 0) is 30.0 Å². The van der Waals surface area contributed by atoms with Gasteiger partial charge in [-0.15, -0.1) is 0 Å². The molecular weight excluding hydrogens is 241 g/mol. The smallest absolute Gasteiger partial charge is 0.397 e. The van der Waals surface area contributed by atoms with Gasteiger partial charge in [0.15, 0.2) is 0 Å². The van der Waals surface area contributed by atoms with Gasteiger partial charge in [-0.3, -0.25) is 0 Å². The van der Waals surface area contributed by atoms with E-state index in [4.69, 9.17) is 0 Å². The number of ether oxygens (including phenoxy) is 1. The molecule has 1 aliphatic rings. The molecule has 0 aliphatic carbocycles. The Morgan fingerprint density at radius 1 is 1.33 bits per heavy atom. The summed E-state index contributed by atoms with van der Waals surface area (Å²) in [6, 6.07) is 4.93. The van der Waals surface area contributed by atoms with Crippen molar-refractivity contribution in [2.45, 2.75) is 38.7 Å². The van der Waals surface area contributed by atoms with Gasteiger partial charge in [0.1, 0.15) is 5.82 Å². The monoisotopic (exact) mass is 256 g/mol. The van der Waals surface area contributed by atoms with E-state index >= 15 is 0 Å². The van der Waals surface area contributed by atoms with E-state index in [0.717, 1.165) is 24.7 Å². The van der Waals surface area contributed by atoms with Crippen molar-refractivity contribution in [1.29, 1.82) is 0 Å². The van der Waals surface area contributed by atoms with Crippen LogP contribution < -0.4 is 0 Å². The van der Waals surface area contributed by atoms with E-state index in [-0.39, 0.29) is 12.2 Å². The van der Waals surface area contributed by atoms with Gasteiger partial charge in [0.05, 0.1) is 12.7 Å². The minimum atomic E-state index is -3.12. The van der Waals surface area contributed by atoms with E-state index in [1.807, 2.05) is 13.0 Å². The third-order valence-corrected chi connectivity index (χ3v) is 2.98. The fraction of sp³-hybridized carbons (Fsp3) is 0.429. The standard InChI is InChI=1S/C14H15F3O/c1-2-3-10-4-5-12(13(15)8-10)11-6-7-14(16,17)18-9-11/h4-5,8-9H,2-3,6-7H2,1H3. The van der Waals surface area contributed by atoms with Crippen LogP contribution in [0.15, 0.2) is 24.5 Å². The molecule has 0 fully saturated rings. The molecule has 0 atom stereocenters. The summed E-state index contributed by atoms with van der Waals surface area (Å²) < 4.78 is 43.8. The van der Waals surface area contributed by atoms with Gasteiger partial charge < -0.3 is 4.74 Å². The highest BCUT2D eigenvalue weighted by Crippen LogP contribution is 2.35. The van der Waals surface area contributed by atoms with Crippen molar-refractivity contribution >= 4 is 5.57 Å². The van der Waals surface area contributed by atoms with Crippen molar-refractivity contribution in [2.24, 2.45) is 0 Å². The zero-order chi connectivity index (χ0) is 13.2. The van der Waals surface area contributed by atoms with Gasteiger partial charge in [0.25, 0.3) is 0 Å². The molecule has 1 aliphatic heterocycles. The molecule has 18 heavy (non-hydrogen) atoms. The largest absolute Gasteiger partial charge is 0.440 e. The molecule has 0 aromatic heterocycles. The van der Waals surface area contributed by atoms with Crippen LogP contribution in [-0.4, -0.2) is 6.11 Å². The number of rotatable bonds is 3. The maximum atomic E-state index is 13.9. The second-order valence-corrected chi connectivity index (χ2v) is 4.46. The summed E-state index contributed by atoms with van der Waals surface area (Å²) in [5, 5.41) is 0. The second kappa shape index (κ2) is 5.04. The third kappa shape index (κ3) is 2.86. The SMILES string of the molecule is CCCc1ccc(C2=COC(F)(F)CC2)c(F)c1. The van der Waals surface area contributed by atoms with Gasteiger partial charge in [-0.1, -0.05) is 25.5 Å². The summed E-state index contributed by atoms with van der Waals surface area (Å²) in [5.41, 5.74) is 1.76. The molecule has 1 nitrogen and oxygen atoms in total. The van der Waals surface area contributed by atoms with Crippen molar-refractivity contribution in [3.05, 3.63) is 41.4 Å². The molecule has 1 aromatic rings. The molecule has 1 heterocycles. The summed E-state index contributed by atoms with van der Waals surface area (Å²) in [5.74, 6) is -0.374. The third-order valence-electron chi connectivity index (χ3n) is 2.98. The molecule has 98 valence electrons. The lowest BCUT2D eigenvalue weighted by Gasteiger charge is -2.22. The molecule has 0 spiro atoms. The Morgan fingerprint density at radius 3 is 2.67 bits per heavy atom. The highest BCUT2D eigenvalue weighted by molar-refractivity contribution is 5.66. The zero-order valence-corrected chi connectivity index (χ0v) is 10.2. The predicted octanol–water partition coefficient (Wildman–Crippen LogP) is 4.52. The summed E-state index contributed by atoms with van der Waals surface area (Å²) in [4.78, 5) is 0. The number of halogens is 3. The Morgan fingerprint density at radius 2 is 2.11 bits per heavy atom. The second-order valence-electron chi connectivity index (χ2n) is 4.46. The minimum absolute atomic E-state index is 0.122. The van der Waals surface area contributed by atoms with E-state index < -0.39 is 12.5 Å². The van der Waals surface area contributed by atoms with Crippen molar-refractivity contribution in [1.82, 2.24) is 0 Å². The van der Waals surface area contributed by atoms with E-state index in [9.17, 15) is 13.2 Å². The molecule has 4 heteroatoms. The van der Waals surface area contributed by atoms with E-state index in [1.165, 1.54) is 6.07 Å². The fourth-order valence-corrected chi connectivity index (χ4v) is 2.02. The number of hydrogen-bond acceptors (Lipinski definition) is 1. The molecule has 0 saturated heterocycles. The van der Waals surface area contributed by atoms with Crippen LogP contribution in [0, 0.1) is 5.82 Å². The number of aryl methyl sites for hydroxylation is 1. The maximum absolute atomic E-state index is 13.9. The van der Waals surface area contributed by atoms with Crippen molar-refractivity contribution in [3.8, 4) is 0 Å². The first kappa shape index (κ1) is 13.0. The fourth-order valence-electron chi connectivity index (χ4n) is 2.02. The molecule has 0 bridgehead atoms. The first-order chi connectivity index (χ1) is 8.52. The van der Waals surface area contributed by atoms with Crippen LogP contribution in [-0.2, 0) is 11.2 Å². The van der Waals surface area contributed by atoms with E-state index in [0.29, 0.717) is 11.1 Å². The lowest BCUT2D eigenvalue weighted by molar-refractivity contribution is -0.211. The molecule has 0 radical (unpaired) electrons. The molecule has 0 saturated carbocycles. The highest BCUT2D eigenvalue weighted by Gasteiger charge is 2.33. The Bertz CT molecular complexity index is 466. The quantitative estimate of drug-likeness (QED) is 0.772. The highest BCUT2D eigenvalue weighted by atomic mass is 19.3. The Balaban J connectivity index is 2.22. The maximum Gasteiger partial charge on any atom is 0.397 e. The van der Waals surface area contributed by atoms with Crippen LogP contribution in [0.2, 0.25) is 0 Å². The molecule has 0 N–H and O–H groups in total. The number of benzene rings is 1. The van der Waals surface area contributed by atoms with Crippen molar-refractivity contribution in [3.63, 3.8) is 0 Å². The van der Waals surface area contributed by atoms with Gasteiger partial charge in [0, 0.05) is 5.56 Å². The molecule has 0 amide bonds. The minimum Gasteiger partial charge on any atom is -0.440 e. The topological polar surface area (TPSA) is 9.23 Å². The van der Waals surface area contributed by atoms with Gasteiger partial charge >= 0.3 is 6.11 Å². The number of allylic oxidation sites excluding steroid dienone is 1. The molecule has 1 aromatic carbocycles. The van der Waals surface area contributed by atoms with E-state index in [1.54, 1.807) is 6.07 Å². The van der Waals surface area contributed by atoms with Crippen LogP contribution in [0.4, 0.5) is 13.2 Å². The van der Waals surface area contributed by atoms with E-state index in [2.05, 4.69) is 4.74 Å². The van der Waals surface area contributed by atoms with Crippen LogP contribution in [0.3, 0.4) is 0 Å². The first-order valence-corrected chi connectivity index (χ1v) is 6.05. The summed E-state index contributed by atoms with van der Waals surface area (Å²) in [6.45, 7) is 2.02. The van der Waals surface area contributed by atoms with Crippen LogP contribution >= 0.6 is 0 Å². The predicted molar refractivity (Wildman–Crippen MR) is 63.6 cm³/mol. The van der Waals surface area contributed by atoms with Gasteiger partial charge in [-0.2, -0.15) is 8.78 Å².